The topological polar surface area (TPSA) is 58.4 Å². The summed E-state index contributed by atoms with van der Waals surface area (Å²) in [5.74, 6) is 0.184. The molecule has 2 rings (SSSR count). The third-order valence-electron chi connectivity index (χ3n) is 3.83. The predicted octanol–water partition coefficient (Wildman–Crippen LogP) is 1.82. The van der Waals surface area contributed by atoms with Crippen molar-refractivity contribution in [3.05, 3.63) is 30.1 Å². The molecule has 110 valence electrons. The van der Waals surface area contributed by atoms with Gasteiger partial charge in [-0.2, -0.15) is 0 Å². The normalized spacial score (nSPS) is 23.6. The average molecular weight is 279 g/mol. The van der Waals surface area contributed by atoms with E-state index in [1.54, 1.807) is 12.1 Å². The van der Waals surface area contributed by atoms with Crippen LogP contribution in [-0.2, 0) is 4.79 Å². The third-order valence-corrected chi connectivity index (χ3v) is 3.83. The molecule has 2 atom stereocenters. The Morgan fingerprint density at radius 2 is 2.35 bits per heavy atom. The summed E-state index contributed by atoms with van der Waals surface area (Å²) in [6.07, 6.45) is 2.12. The molecule has 0 bridgehead atoms. The van der Waals surface area contributed by atoms with Crippen LogP contribution >= 0.6 is 0 Å². The SMILES string of the molecule is CC1CCN(CC(=O)Nc2cccc(F)c2)C(CN)C1. The number of rotatable bonds is 4. The van der Waals surface area contributed by atoms with Crippen LogP contribution in [-0.4, -0.2) is 36.5 Å². The lowest BCUT2D eigenvalue weighted by Crippen LogP contribution is -2.49. The van der Waals surface area contributed by atoms with E-state index < -0.39 is 0 Å². The number of halogens is 1. The molecule has 1 aromatic rings. The molecular weight excluding hydrogens is 257 g/mol. The second-order valence-electron chi connectivity index (χ2n) is 5.55. The molecule has 1 aliphatic rings. The Morgan fingerprint density at radius 1 is 1.55 bits per heavy atom. The molecule has 0 aliphatic carbocycles. The minimum Gasteiger partial charge on any atom is -0.329 e. The minimum atomic E-state index is -0.352. The number of nitrogens with two attached hydrogens (primary N) is 1. The highest BCUT2D eigenvalue weighted by atomic mass is 19.1. The van der Waals surface area contributed by atoms with E-state index in [9.17, 15) is 9.18 Å². The number of hydrogen-bond acceptors (Lipinski definition) is 3. The number of amides is 1. The van der Waals surface area contributed by atoms with E-state index in [0.29, 0.717) is 24.7 Å². The van der Waals surface area contributed by atoms with Crippen molar-refractivity contribution < 1.29 is 9.18 Å². The van der Waals surface area contributed by atoms with E-state index >= 15 is 0 Å². The summed E-state index contributed by atoms with van der Waals surface area (Å²) in [6, 6.07) is 6.19. The summed E-state index contributed by atoms with van der Waals surface area (Å²) >= 11 is 0. The maximum atomic E-state index is 13.1. The van der Waals surface area contributed by atoms with E-state index in [1.807, 2.05) is 0 Å². The van der Waals surface area contributed by atoms with Crippen molar-refractivity contribution in [3.63, 3.8) is 0 Å². The Balaban J connectivity index is 1.90. The van der Waals surface area contributed by atoms with Gasteiger partial charge in [0.25, 0.3) is 0 Å². The van der Waals surface area contributed by atoms with E-state index in [2.05, 4.69) is 17.1 Å². The number of hydrogen-bond donors (Lipinski definition) is 2. The molecule has 3 N–H and O–H groups in total. The van der Waals surface area contributed by atoms with Crippen molar-refractivity contribution in [3.8, 4) is 0 Å². The molecule has 0 aromatic heterocycles. The fourth-order valence-corrected chi connectivity index (χ4v) is 2.70. The minimum absolute atomic E-state index is 0.122. The van der Waals surface area contributed by atoms with Gasteiger partial charge in [0.15, 0.2) is 0 Å². The summed E-state index contributed by atoms with van der Waals surface area (Å²) in [7, 11) is 0. The van der Waals surface area contributed by atoms with Crippen LogP contribution in [0.5, 0.6) is 0 Å². The number of nitrogens with zero attached hydrogens (tertiary/aromatic N) is 1. The first-order chi connectivity index (χ1) is 9.58. The van der Waals surface area contributed by atoms with Crippen LogP contribution < -0.4 is 11.1 Å². The maximum Gasteiger partial charge on any atom is 0.238 e. The van der Waals surface area contributed by atoms with Gasteiger partial charge < -0.3 is 11.1 Å². The molecule has 4 nitrogen and oxygen atoms in total. The van der Waals surface area contributed by atoms with Crippen LogP contribution in [0, 0.1) is 11.7 Å². The Bertz CT molecular complexity index is 466. The fourth-order valence-electron chi connectivity index (χ4n) is 2.70. The fraction of sp³-hybridized carbons (Fsp3) is 0.533. The number of piperidine rings is 1. The Morgan fingerprint density at radius 3 is 3.05 bits per heavy atom. The summed E-state index contributed by atoms with van der Waals surface area (Å²) in [6.45, 7) is 3.98. The van der Waals surface area contributed by atoms with Crippen LogP contribution in [0.25, 0.3) is 0 Å². The third kappa shape index (κ3) is 4.02. The van der Waals surface area contributed by atoms with Gasteiger partial charge in [-0.05, 0) is 43.5 Å². The lowest BCUT2D eigenvalue weighted by molar-refractivity contribution is -0.118. The lowest BCUT2D eigenvalue weighted by Gasteiger charge is -2.37. The summed E-state index contributed by atoms with van der Waals surface area (Å²) in [5, 5.41) is 2.72. The first kappa shape index (κ1) is 14.9. The van der Waals surface area contributed by atoms with Crippen LogP contribution in [0.3, 0.4) is 0 Å². The van der Waals surface area contributed by atoms with Gasteiger partial charge in [0.1, 0.15) is 5.82 Å². The number of nitrogens with one attached hydrogen (secondary N) is 1. The molecule has 5 heteroatoms. The molecule has 1 saturated heterocycles. The number of carbonyl (C=O) groups is 1. The molecule has 0 saturated carbocycles. The van der Waals surface area contributed by atoms with Crippen molar-refractivity contribution in [1.29, 1.82) is 0 Å². The van der Waals surface area contributed by atoms with Gasteiger partial charge >= 0.3 is 0 Å². The Hall–Kier alpha value is -1.46. The monoisotopic (exact) mass is 279 g/mol. The molecule has 20 heavy (non-hydrogen) atoms. The standard InChI is InChI=1S/C15H22FN3O/c1-11-5-6-19(14(7-11)9-17)10-15(20)18-13-4-2-3-12(16)8-13/h2-4,8,11,14H,5-7,9-10,17H2,1H3,(H,18,20). The van der Waals surface area contributed by atoms with Crippen LogP contribution in [0.15, 0.2) is 24.3 Å². The smallest absolute Gasteiger partial charge is 0.238 e. The highest BCUT2D eigenvalue weighted by molar-refractivity contribution is 5.92. The zero-order valence-corrected chi connectivity index (χ0v) is 11.8. The Kier molecular flexibility index (Phi) is 5.09. The van der Waals surface area contributed by atoms with E-state index in [1.165, 1.54) is 12.1 Å². The van der Waals surface area contributed by atoms with Gasteiger partial charge in [-0.1, -0.05) is 13.0 Å². The van der Waals surface area contributed by atoms with Gasteiger partial charge in [-0.15, -0.1) is 0 Å². The van der Waals surface area contributed by atoms with E-state index in [4.69, 9.17) is 5.73 Å². The molecule has 2 unspecified atom stereocenters. The van der Waals surface area contributed by atoms with Crippen molar-refractivity contribution in [2.24, 2.45) is 11.7 Å². The van der Waals surface area contributed by atoms with E-state index in [-0.39, 0.29) is 17.8 Å². The number of likely N-dealkylation sites (tertiary alicyclic amines) is 1. The zero-order valence-electron chi connectivity index (χ0n) is 11.8. The summed E-state index contributed by atoms with van der Waals surface area (Å²) in [5.41, 5.74) is 6.27. The van der Waals surface area contributed by atoms with Crippen molar-refractivity contribution in [2.75, 3.05) is 25.0 Å². The Labute approximate surface area is 119 Å². The molecule has 1 fully saturated rings. The maximum absolute atomic E-state index is 13.1. The molecule has 1 aromatic carbocycles. The first-order valence-corrected chi connectivity index (χ1v) is 7.08. The molecule has 0 radical (unpaired) electrons. The average Bonchev–Trinajstić information content (AvgIpc) is 2.40. The van der Waals surface area contributed by atoms with Crippen LogP contribution in [0.1, 0.15) is 19.8 Å². The van der Waals surface area contributed by atoms with Gasteiger partial charge in [0, 0.05) is 18.3 Å². The molecular formula is C15H22FN3O. The van der Waals surface area contributed by atoms with Crippen LogP contribution in [0.4, 0.5) is 10.1 Å². The number of benzene rings is 1. The van der Waals surface area contributed by atoms with E-state index in [0.717, 1.165) is 19.4 Å². The lowest BCUT2D eigenvalue weighted by atomic mass is 9.92. The van der Waals surface area contributed by atoms with Crippen molar-refractivity contribution in [1.82, 2.24) is 4.90 Å². The van der Waals surface area contributed by atoms with Gasteiger partial charge in [0.2, 0.25) is 5.91 Å². The summed E-state index contributed by atoms with van der Waals surface area (Å²) < 4.78 is 13.1. The highest BCUT2D eigenvalue weighted by Gasteiger charge is 2.26. The van der Waals surface area contributed by atoms with Gasteiger partial charge in [-0.3, -0.25) is 9.69 Å². The second-order valence-corrected chi connectivity index (χ2v) is 5.55. The zero-order chi connectivity index (χ0) is 14.5. The summed E-state index contributed by atoms with van der Waals surface area (Å²) in [4.78, 5) is 14.1. The molecule has 1 amide bonds. The van der Waals surface area contributed by atoms with Crippen molar-refractivity contribution in [2.45, 2.75) is 25.8 Å². The molecule has 1 heterocycles. The van der Waals surface area contributed by atoms with Crippen molar-refractivity contribution >= 4 is 11.6 Å². The van der Waals surface area contributed by atoms with Gasteiger partial charge in [-0.25, -0.2) is 4.39 Å². The van der Waals surface area contributed by atoms with Gasteiger partial charge in [0.05, 0.1) is 6.54 Å². The number of anilines is 1. The molecule has 1 aliphatic heterocycles. The highest BCUT2D eigenvalue weighted by Crippen LogP contribution is 2.21. The largest absolute Gasteiger partial charge is 0.329 e. The first-order valence-electron chi connectivity index (χ1n) is 7.08. The predicted molar refractivity (Wildman–Crippen MR) is 77.8 cm³/mol. The van der Waals surface area contributed by atoms with Crippen LogP contribution in [0.2, 0.25) is 0 Å². The quantitative estimate of drug-likeness (QED) is 0.884. The molecule has 0 spiro atoms. The number of carbonyl (C=O) groups excluding carboxylic acids is 1. The second kappa shape index (κ2) is 6.81.